The summed E-state index contributed by atoms with van der Waals surface area (Å²) in [6.07, 6.45) is 0. The van der Waals surface area contributed by atoms with Crippen LogP contribution in [0.1, 0.15) is 11.1 Å². The number of aryl methyl sites for hydroxylation is 1. The fourth-order valence-corrected chi connectivity index (χ4v) is 5.46. The molecule has 1 heterocycles. The first kappa shape index (κ1) is 22.5. The number of amidine groups is 1. The second-order valence-electron chi connectivity index (χ2n) is 7.10. The Hall–Kier alpha value is -3.70. The molecular formula is C22H19N3O6S2. The van der Waals surface area contributed by atoms with Gasteiger partial charge in [-0.3, -0.25) is 10.2 Å². The first-order valence-corrected chi connectivity index (χ1v) is 12.6. The second kappa shape index (κ2) is 8.68. The molecule has 0 atom stereocenters. The van der Waals surface area contributed by atoms with E-state index in [1.54, 1.807) is 55.5 Å². The van der Waals surface area contributed by atoms with E-state index in [9.17, 15) is 21.6 Å². The summed E-state index contributed by atoms with van der Waals surface area (Å²) in [4.78, 5) is 12.8. The lowest BCUT2D eigenvalue weighted by atomic mass is 10.2. The Morgan fingerprint density at radius 1 is 0.970 bits per heavy atom. The van der Waals surface area contributed by atoms with Crippen LogP contribution in [0.25, 0.3) is 0 Å². The van der Waals surface area contributed by atoms with Crippen molar-refractivity contribution in [3.05, 3.63) is 90.0 Å². The van der Waals surface area contributed by atoms with Gasteiger partial charge in [-0.25, -0.2) is 0 Å². The quantitative estimate of drug-likeness (QED) is 0.550. The minimum absolute atomic E-state index is 0.0897. The van der Waals surface area contributed by atoms with Crippen LogP contribution in [0.5, 0.6) is 5.75 Å². The third-order valence-electron chi connectivity index (χ3n) is 4.73. The van der Waals surface area contributed by atoms with Gasteiger partial charge in [-0.15, -0.1) is 8.81 Å². The van der Waals surface area contributed by atoms with Gasteiger partial charge in [0.15, 0.2) is 12.4 Å². The number of para-hydroxylation sites is 1. The van der Waals surface area contributed by atoms with E-state index in [0.29, 0.717) is 10.2 Å². The average Bonchev–Trinajstić information content (AvgIpc) is 3.07. The molecule has 0 aromatic heterocycles. The summed E-state index contributed by atoms with van der Waals surface area (Å²) in [5.74, 6) is -0.886. The number of hydrazine groups is 1. The van der Waals surface area contributed by atoms with Crippen molar-refractivity contribution >= 4 is 31.8 Å². The molecule has 33 heavy (non-hydrogen) atoms. The third kappa shape index (κ3) is 4.59. The summed E-state index contributed by atoms with van der Waals surface area (Å²) in [7, 11) is -8.47. The van der Waals surface area contributed by atoms with Crippen molar-refractivity contribution in [3.8, 4) is 5.75 Å². The molecule has 3 aromatic carbocycles. The molecule has 4 rings (SSSR count). The number of fused-ring (bicyclic) bond motifs is 1. The molecule has 170 valence electrons. The molecule has 0 spiro atoms. The Morgan fingerprint density at radius 3 is 2.30 bits per heavy atom. The highest BCUT2D eigenvalue weighted by molar-refractivity contribution is 7.91. The van der Waals surface area contributed by atoms with Gasteiger partial charge in [-0.2, -0.15) is 16.8 Å². The van der Waals surface area contributed by atoms with Gasteiger partial charge in [0, 0.05) is 5.56 Å². The fraction of sp³-hybridized carbons (Fsp3) is 0.0909. The molecule has 1 amide bonds. The van der Waals surface area contributed by atoms with Gasteiger partial charge in [-0.05, 0) is 43.3 Å². The van der Waals surface area contributed by atoms with Crippen LogP contribution in [-0.2, 0) is 24.8 Å². The molecule has 0 radical (unpaired) electrons. The summed E-state index contributed by atoms with van der Waals surface area (Å²) < 4.78 is 60.8. The molecule has 3 aromatic rings. The maximum absolute atomic E-state index is 13.3. The van der Waals surface area contributed by atoms with Crippen molar-refractivity contribution in [3.63, 3.8) is 0 Å². The second-order valence-corrected chi connectivity index (χ2v) is 10.5. The van der Waals surface area contributed by atoms with Crippen LogP contribution in [0.15, 0.2) is 93.1 Å². The molecule has 1 aliphatic heterocycles. The van der Waals surface area contributed by atoms with Crippen LogP contribution in [-0.4, -0.2) is 39.6 Å². The van der Waals surface area contributed by atoms with Crippen molar-refractivity contribution < 1.29 is 26.4 Å². The van der Waals surface area contributed by atoms with Gasteiger partial charge in [-0.1, -0.05) is 48.0 Å². The van der Waals surface area contributed by atoms with E-state index in [2.05, 4.69) is 9.82 Å². The highest BCUT2D eigenvalue weighted by Crippen LogP contribution is 2.26. The summed E-state index contributed by atoms with van der Waals surface area (Å²) in [5.41, 5.74) is 3.38. The number of nitrogens with zero attached hydrogens (tertiary/aromatic N) is 2. The molecular weight excluding hydrogens is 466 g/mol. The number of rotatable bonds is 5. The number of amides is 1. The lowest BCUT2D eigenvalue weighted by Gasteiger charge is -2.24. The molecule has 1 aliphatic rings. The molecule has 9 nitrogen and oxygen atoms in total. The van der Waals surface area contributed by atoms with Crippen LogP contribution in [0.2, 0.25) is 0 Å². The maximum Gasteiger partial charge on any atom is 0.293 e. The van der Waals surface area contributed by atoms with E-state index in [1.165, 1.54) is 30.3 Å². The van der Waals surface area contributed by atoms with E-state index in [1.807, 2.05) is 0 Å². The van der Waals surface area contributed by atoms with Gasteiger partial charge >= 0.3 is 0 Å². The van der Waals surface area contributed by atoms with Crippen molar-refractivity contribution in [1.29, 1.82) is 0 Å². The van der Waals surface area contributed by atoms with Crippen LogP contribution in [0.3, 0.4) is 0 Å². The number of nitrogens with one attached hydrogen (secondary N) is 1. The van der Waals surface area contributed by atoms with E-state index < -0.39 is 32.6 Å². The van der Waals surface area contributed by atoms with Crippen molar-refractivity contribution in [2.75, 3.05) is 6.61 Å². The summed E-state index contributed by atoms with van der Waals surface area (Å²) in [6, 6.07) is 20.2. The van der Waals surface area contributed by atoms with Crippen LogP contribution >= 0.6 is 0 Å². The topological polar surface area (TPSA) is 122 Å². The highest BCUT2D eigenvalue weighted by atomic mass is 32.2. The molecule has 1 N–H and O–H groups in total. The first-order valence-electron chi connectivity index (χ1n) is 9.72. The summed E-state index contributed by atoms with van der Waals surface area (Å²) in [5, 5.41) is 0. The van der Waals surface area contributed by atoms with E-state index in [0.717, 1.165) is 5.56 Å². The van der Waals surface area contributed by atoms with Crippen molar-refractivity contribution in [2.24, 2.45) is 4.40 Å². The molecule has 0 saturated carbocycles. The molecule has 0 fully saturated rings. The lowest BCUT2D eigenvalue weighted by Crippen LogP contribution is -2.51. The molecule has 0 aliphatic carbocycles. The van der Waals surface area contributed by atoms with Crippen LogP contribution in [0, 0.1) is 6.92 Å². The number of benzene rings is 3. The predicted molar refractivity (Wildman–Crippen MR) is 120 cm³/mol. The van der Waals surface area contributed by atoms with Gasteiger partial charge in [0.2, 0.25) is 0 Å². The Morgan fingerprint density at radius 2 is 1.61 bits per heavy atom. The van der Waals surface area contributed by atoms with Gasteiger partial charge in [0.05, 0.1) is 4.90 Å². The number of sulfonamides is 2. The summed E-state index contributed by atoms with van der Waals surface area (Å²) in [6.45, 7) is 1.17. The van der Waals surface area contributed by atoms with E-state index in [-0.39, 0.29) is 21.2 Å². The monoisotopic (exact) mass is 485 g/mol. The van der Waals surface area contributed by atoms with Crippen molar-refractivity contribution in [1.82, 2.24) is 9.84 Å². The lowest BCUT2D eigenvalue weighted by molar-refractivity contribution is -0.129. The standard InChI is InChI=1S/C22H19N3O6S2/c1-16-11-13-18(14-12-16)33(29,30)25(21(26)15-31-17-7-3-2-4-8-17)23-22-19-9-5-6-10-20(19)32(27,28)24-22/h2-14H,15H2,1H3,(H,23,24). The highest BCUT2D eigenvalue weighted by Gasteiger charge is 2.35. The SMILES string of the molecule is Cc1ccc(S(=O)(=O)N(NC2=NS(=O)(=O)c3ccccc32)C(=O)COc2ccccc2)cc1. The first-order chi connectivity index (χ1) is 15.7. The predicted octanol–water partition coefficient (Wildman–Crippen LogP) is 2.25. The zero-order valence-corrected chi connectivity index (χ0v) is 19.0. The Kier molecular flexibility index (Phi) is 5.91. The van der Waals surface area contributed by atoms with Crippen molar-refractivity contribution in [2.45, 2.75) is 16.7 Å². The Balaban J connectivity index is 1.70. The number of ether oxygens (including phenoxy) is 1. The maximum atomic E-state index is 13.3. The number of hydrogen-bond acceptors (Lipinski definition) is 7. The normalized spacial score (nSPS) is 14.2. The van der Waals surface area contributed by atoms with E-state index in [4.69, 9.17) is 4.74 Å². The largest absolute Gasteiger partial charge is 0.484 e. The molecule has 0 saturated heterocycles. The van der Waals surface area contributed by atoms with Gasteiger partial charge in [0.25, 0.3) is 26.0 Å². The molecule has 11 heteroatoms. The third-order valence-corrected chi connectivity index (χ3v) is 7.71. The van der Waals surface area contributed by atoms with E-state index >= 15 is 0 Å². The number of carbonyl (C=O) groups is 1. The fourth-order valence-electron chi connectivity index (χ4n) is 3.08. The minimum Gasteiger partial charge on any atom is -0.484 e. The van der Waals surface area contributed by atoms with Gasteiger partial charge < -0.3 is 4.74 Å². The summed E-state index contributed by atoms with van der Waals surface area (Å²) >= 11 is 0. The van der Waals surface area contributed by atoms with Crippen LogP contribution < -0.4 is 10.2 Å². The van der Waals surface area contributed by atoms with Gasteiger partial charge in [0.1, 0.15) is 10.6 Å². The smallest absolute Gasteiger partial charge is 0.293 e. The zero-order chi connectivity index (χ0) is 23.6. The Bertz CT molecular complexity index is 1430. The number of carbonyl (C=O) groups excluding carboxylic acids is 1. The van der Waals surface area contributed by atoms with Crippen LogP contribution in [0.4, 0.5) is 0 Å². The minimum atomic E-state index is -4.43. The Labute approximate surface area is 191 Å². The zero-order valence-electron chi connectivity index (χ0n) is 17.4. The average molecular weight is 486 g/mol. The molecule has 0 unspecified atom stereocenters. The molecule has 0 bridgehead atoms. The number of hydrogen-bond donors (Lipinski definition) is 1.